The Labute approximate surface area is 91.1 Å². The summed E-state index contributed by atoms with van der Waals surface area (Å²) in [6, 6.07) is 10.7. The summed E-state index contributed by atoms with van der Waals surface area (Å²) in [6.07, 6.45) is 4.09. The molecule has 1 heterocycles. The van der Waals surface area contributed by atoms with E-state index >= 15 is 0 Å². The van der Waals surface area contributed by atoms with Gasteiger partial charge in [0.05, 0.1) is 6.07 Å². The van der Waals surface area contributed by atoms with Crippen molar-refractivity contribution in [1.29, 1.82) is 5.26 Å². The molecule has 1 aliphatic rings. The first-order valence-electron chi connectivity index (χ1n) is 5.61. The molecule has 2 nitrogen and oxygen atoms in total. The molecule has 0 unspecified atom stereocenters. The molecular formula is C13H16N2. The zero-order valence-electron chi connectivity index (χ0n) is 8.95. The zero-order valence-corrected chi connectivity index (χ0v) is 8.95. The predicted octanol–water partition coefficient (Wildman–Crippen LogP) is 2.74. The van der Waals surface area contributed by atoms with Gasteiger partial charge < -0.3 is 4.90 Å². The molecule has 1 fully saturated rings. The molecule has 0 atom stereocenters. The monoisotopic (exact) mass is 200 g/mol. The summed E-state index contributed by atoms with van der Waals surface area (Å²) in [5, 5.41) is 8.62. The lowest BCUT2D eigenvalue weighted by atomic mass is 10.1. The van der Waals surface area contributed by atoms with Gasteiger partial charge in [-0.15, -0.1) is 0 Å². The molecule has 0 amide bonds. The van der Waals surface area contributed by atoms with Crippen molar-refractivity contribution in [2.24, 2.45) is 0 Å². The summed E-state index contributed by atoms with van der Waals surface area (Å²) >= 11 is 0. The first-order valence-corrected chi connectivity index (χ1v) is 5.61. The highest BCUT2D eigenvalue weighted by molar-refractivity contribution is 5.54. The Kier molecular flexibility index (Phi) is 3.24. The third-order valence-corrected chi connectivity index (χ3v) is 2.94. The van der Waals surface area contributed by atoms with Gasteiger partial charge in [-0.3, -0.25) is 0 Å². The van der Waals surface area contributed by atoms with E-state index in [-0.39, 0.29) is 0 Å². The summed E-state index contributed by atoms with van der Waals surface area (Å²) < 4.78 is 0. The van der Waals surface area contributed by atoms with Crippen molar-refractivity contribution < 1.29 is 0 Å². The van der Waals surface area contributed by atoms with Crippen LogP contribution in [0.3, 0.4) is 0 Å². The molecule has 1 aromatic rings. The standard InChI is InChI=1S/C13H16N2/c14-9-5-7-12-6-1-2-8-13(12)15-10-3-4-11-15/h1-2,6,8H,3-5,7,10-11H2. The van der Waals surface area contributed by atoms with E-state index in [2.05, 4.69) is 35.2 Å². The first-order chi connectivity index (χ1) is 7.42. The largest absolute Gasteiger partial charge is 0.371 e. The lowest BCUT2D eigenvalue weighted by Gasteiger charge is -2.20. The maximum atomic E-state index is 8.62. The minimum absolute atomic E-state index is 0.616. The fraction of sp³-hybridized carbons (Fsp3) is 0.462. The number of rotatable bonds is 3. The highest BCUT2D eigenvalue weighted by atomic mass is 15.1. The molecule has 1 aliphatic heterocycles. The number of para-hydroxylation sites is 1. The van der Waals surface area contributed by atoms with E-state index < -0.39 is 0 Å². The Hall–Kier alpha value is -1.49. The van der Waals surface area contributed by atoms with Crippen LogP contribution in [0, 0.1) is 11.3 Å². The molecule has 0 spiro atoms. The smallest absolute Gasteiger partial charge is 0.0625 e. The molecule has 78 valence electrons. The van der Waals surface area contributed by atoms with Gasteiger partial charge in [0.15, 0.2) is 0 Å². The summed E-state index contributed by atoms with van der Waals surface area (Å²) in [5.74, 6) is 0. The van der Waals surface area contributed by atoms with E-state index in [1.807, 2.05) is 0 Å². The minimum atomic E-state index is 0.616. The Morgan fingerprint density at radius 3 is 2.67 bits per heavy atom. The van der Waals surface area contributed by atoms with Crippen LogP contribution in [0.25, 0.3) is 0 Å². The van der Waals surface area contributed by atoms with E-state index in [1.54, 1.807) is 0 Å². The SMILES string of the molecule is N#CCCc1ccccc1N1CCCC1. The lowest BCUT2D eigenvalue weighted by Crippen LogP contribution is -2.19. The molecule has 0 N–H and O–H groups in total. The van der Waals surface area contributed by atoms with Gasteiger partial charge in [0.2, 0.25) is 0 Å². The fourth-order valence-electron chi connectivity index (χ4n) is 2.18. The molecule has 1 saturated heterocycles. The lowest BCUT2D eigenvalue weighted by molar-refractivity contribution is 0.930. The third kappa shape index (κ3) is 2.30. The summed E-state index contributed by atoms with van der Waals surface area (Å²) in [6.45, 7) is 2.34. The number of hydrogen-bond donors (Lipinski definition) is 0. The Bertz CT molecular complexity index is 359. The van der Waals surface area contributed by atoms with Crippen molar-refractivity contribution in [3.63, 3.8) is 0 Å². The summed E-state index contributed by atoms with van der Waals surface area (Å²) in [7, 11) is 0. The fourth-order valence-corrected chi connectivity index (χ4v) is 2.18. The minimum Gasteiger partial charge on any atom is -0.371 e. The Morgan fingerprint density at radius 2 is 1.93 bits per heavy atom. The van der Waals surface area contributed by atoms with E-state index in [4.69, 9.17) is 5.26 Å². The van der Waals surface area contributed by atoms with E-state index in [1.165, 1.54) is 37.2 Å². The molecule has 0 aliphatic carbocycles. The van der Waals surface area contributed by atoms with Crippen LogP contribution in [0.4, 0.5) is 5.69 Å². The second kappa shape index (κ2) is 4.84. The predicted molar refractivity (Wildman–Crippen MR) is 61.8 cm³/mol. The number of benzene rings is 1. The maximum Gasteiger partial charge on any atom is 0.0625 e. The van der Waals surface area contributed by atoms with Crippen LogP contribution in [-0.2, 0) is 6.42 Å². The summed E-state index contributed by atoms with van der Waals surface area (Å²) in [4.78, 5) is 2.44. The van der Waals surface area contributed by atoms with Crippen LogP contribution in [0.1, 0.15) is 24.8 Å². The normalized spacial score (nSPS) is 15.3. The Balaban J connectivity index is 2.17. The third-order valence-electron chi connectivity index (χ3n) is 2.94. The number of nitrogens with zero attached hydrogens (tertiary/aromatic N) is 2. The van der Waals surface area contributed by atoms with Crippen molar-refractivity contribution in [2.75, 3.05) is 18.0 Å². The molecule has 15 heavy (non-hydrogen) atoms. The van der Waals surface area contributed by atoms with Gasteiger partial charge in [-0.1, -0.05) is 18.2 Å². The highest BCUT2D eigenvalue weighted by Gasteiger charge is 2.14. The van der Waals surface area contributed by atoms with Crippen LogP contribution in [-0.4, -0.2) is 13.1 Å². The molecule has 0 bridgehead atoms. The molecule has 0 radical (unpaired) electrons. The van der Waals surface area contributed by atoms with Gasteiger partial charge in [0.1, 0.15) is 0 Å². The quantitative estimate of drug-likeness (QED) is 0.750. The van der Waals surface area contributed by atoms with E-state index in [0.29, 0.717) is 6.42 Å². The van der Waals surface area contributed by atoms with Crippen molar-refractivity contribution in [3.8, 4) is 6.07 Å². The molecule has 2 heteroatoms. The maximum absolute atomic E-state index is 8.62. The highest BCUT2D eigenvalue weighted by Crippen LogP contribution is 2.25. The van der Waals surface area contributed by atoms with Gasteiger partial charge in [-0.25, -0.2) is 0 Å². The second-order valence-electron chi connectivity index (χ2n) is 3.98. The van der Waals surface area contributed by atoms with Crippen LogP contribution in [0.2, 0.25) is 0 Å². The molecular weight excluding hydrogens is 184 g/mol. The van der Waals surface area contributed by atoms with Crippen LogP contribution >= 0.6 is 0 Å². The van der Waals surface area contributed by atoms with Crippen LogP contribution in [0.5, 0.6) is 0 Å². The van der Waals surface area contributed by atoms with Crippen molar-refractivity contribution in [2.45, 2.75) is 25.7 Å². The van der Waals surface area contributed by atoms with Crippen molar-refractivity contribution in [3.05, 3.63) is 29.8 Å². The van der Waals surface area contributed by atoms with E-state index in [9.17, 15) is 0 Å². The van der Waals surface area contributed by atoms with Crippen LogP contribution < -0.4 is 4.90 Å². The Morgan fingerprint density at radius 1 is 1.20 bits per heavy atom. The van der Waals surface area contributed by atoms with Gasteiger partial charge in [-0.2, -0.15) is 5.26 Å². The van der Waals surface area contributed by atoms with Crippen molar-refractivity contribution in [1.82, 2.24) is 0 Å². The zero-order chi connectivity index (χ0) is 10.5. The first kappa shape index (κ1) is 10.0. The van der Waals surface area contributed by atoms with Gasteiger partial charge in [0, 0.05) is 25.2 Å². The van der Waals surface area contributed by atoms with Gasteiger partial charge >= 0.3 is 0 Å². The molecule has 0 aromatic heterocycles. The second-order valence-corrected chi connectivity index (χ2v) is 3.98. The summed E-state index contributed by atoms with van der Waals surface area (Å²) in [5.41, 5.74) is 2.66. The van der Waals surface area contributed by atoms with Gasteiger partial charge in [-0.05, 0) is 30.9 Å². The molecule has 1 aromatic carbocycles. The van der Waals surface area contributed by atoms with E-state index in [0.717, 1.165) is 6.42 Å². The number of hydrogen-bond acceptors (Lipinski definition) is 2. The van der Waals surface area contributed by atoms with Gasteiger partial charge in [0.25, 0.3) is 0 Å². The number of aryl methyl sites for hydroxylation is 1. The van der Waals surface area contributed by atoms with Crippen LogP contribution in [0.15, 0.2) is 24.3 Å². The topological polar surface area (TPSA) is 27.0 Å². The molecule has 2 rings (SSSR count). The molecule has 0 saturated carbocycles. The number of anilines is 1. The average molecular weight is 200 g/mol. The number of nitriles is 1. The van der Waals surface area contributed by atoms with Crippen molar-refractivity contribution >= 4 is 5.69 Å². The average Bonchev–Trinajstić information content (AvgIpc) is 2.80.